The lowest BCUT2D eigenvalue weighted by Crippen LogP contribution is -2.46. The Balaban J connectivity index is 1.49. The van der Waals surface area contributed by atoms with Crippen LogP contribution >= 0.6 is 12.8 Å². The highest BCUT2D eigenvalue weighted by molar-refractivity contribution is 7.81. The molecule has 130 valence electrons. The maximum atomic E-state index is 12.2. The molecule has 2 aliphatic rings. The molecular formula is C17H24N4O2S. The number of anilines is 2. The third-order valence-electron chi connectivity index (χ3n) is 4.72. The van der Waals surface area contributed by atoms with Gasteiger partial charge in [-0.2, -0.15) is 0 Å². The quantitative estimate of drug-likeness (QED) is 0.609. The van der Waals surface area contributed by atoms with E-state index in [1.165, 1.54) is 12.8 Å². The molecule has 1 saturated heterocycles. The lowest BCUT2D eigenvalue weighted by molar-refractivity contribution is -0.125. The number of fused-ring (bicyclic) bond motifs is 1. The van der Waals surface area contributed by atoms with E-state index in [0.717, 1.165) is 30.9 Å². The zero-order valence-electron chi connectivity index (χ0n) is 13.6. The number of hydrogen-bond donors (Lipinski definition) is 4. The second-order valence-corrected chi connectivity index (χ2v) is 6.83. The van der Waals surface area contributed by atoms with E-state index in [1.54, 1.807) is 4.31 Å². The van der Waals surface area contributed by atoms with Gasteiger partial charge in [-0.3, -0.25) is 9.59 Å². The Morgan fingerprint density at radius 1 is 1.29 bits per heavy atom. The van der Waals surface area contributed by atoms with Crippen LogP contribution < -0.4 is 20.3 Å². The first-order valence-electron chi connectivity index (χ1n) is 8.50. The maximum Gasteiger partial charge on any atom is 0.248 e. The Morgan fingerprint density at radius 3 is 2.83 bits per heavy atom. The summed E-state index contributed by atoms with van der Waals surface area (Å²) >= 11 is 4.43. The summed E-state index contributed by atoms with van der Waals surface area (Å²) in [6, 6.07) is 6.85. The summed E-state index contributed by atoms with van der Waals surface area (Å²) in [4.78, 5) is 24.4. The van der Waals surface area contributed by atoms with E-state index in [9.17, 15) is 9.59 Å². The number of para-hydroxylation sites is 2. The predicted octanol–water partition coefficient (Wildman–Crippen LogP) is 1.55. The van der Waals surface area contributed by atoms with Gasteiger partial charge in [0.15, 0.2) is 0 Å². The normalized spacial score (nSPS) is 21.1. The monoisotopic (exact) mass is 348 g/mol. The summed E-state index contributed by atoms with van der Waals surface area (Å²) in [6.07, 6.45) is 3.44. The third kappa shape index (κ3) is 4.02. The van der Waals surface area contributed by atoms with E-state index >= 15 is 0 Å². The molecule has 1 fully saturated rings. The molecule has 2 aliphatic heterocycles. The molecule has 1 unspecified atom stereocenters. The largest absolute Gasteiger partial charge is 0.356 e. The van der Waals surface area contributed by atoms with Crippen LogP contribution in [0.25, 0.3) is 0 Å². The molecule has 3 rings (SSSR count). The molecular weight excluding hydrogens is 324 g/mol. The van der Waals surface area contributed by atoms with Gasteiger partial charge < -0.3 is 20.3 Å². The van der Waals surface area contributed by atoms with Crippen molar-refractivity contribution in [2.24, 2.45) is 5.92 Å². The van der Waals surface area contributed by atoms with Crippen molar-refractivity contribution in [3.8, 4) is 0 Å². The molecule has 0 spiro atoms. The molecule has 2 heterocycles. The first-order chi connectivity index (χ1) is 11.6. The van der Waals surface area contributed by atoms with Crippen LogP contribution in [0.15, 0.2) is 24.3 Å². The lowest BCUT2D eigenvalue weighted by Gasteiger charge is -2.33. The molecule has 6 nitrogen and oxygen atoms in total. The van der Waals surface area contributed by atoms with Crippen molar-refractivity contribution in [1.29, 1.82) is 0 Å². The van der Waals surface area contributed by atoms with Gasteiger partial charge in [0.2, 0.25) is 11.8 Å². The fraction of sp³-hybridized carbons (Fsp3) is 0.529. The molecule has 0 aliphatic carbocycles. The van der Waals surface area contributed by atoms with Crippen LogP contribution in [-0.2, 0) is 9.59 Å². The van der Waals surface area contributed by atoms with Crippen molar-refractivity contribution in [3.05, 3.63) is 24.3 Å². The highest BCUT2D eigenvalue weighted by Crippen LogP contribution is 2.33. The number of thiol groups is 1. The van der Waals surface area contributed by atoms with Crippen molar-refractivity contribution in [3.63, 3.8) is 0 Å². The number of amides is 2. The van der Waals surface area contributed by atoms with Crippen molar-refractivity contribution in [2.45, 2.75) is 31.7 Å². The van der Waals surface area contributed by atoms with Crippen molar-refractivity contribution < 1.29 is 9.59 Å². The molecule has 0 bridgehead atoms. The highest BCUT2D eigenvalue weighted by atomic mass is 32.1. The van der Waals surface area contributed by atoms with Gasteiger partial charge in [-0.25, -0.2) is 0 Å². The van der Waals surface area contributed by atoms with E-state index in [0.29, 0.717) is 12.5 Å². The van der Waals surface area contributed by atoms with Crippen molar-refractivity contribution in [1.82, 2.24) is 10.6 Å². The molecule has 0 radical (unpaired) electrons. The van der Waals surface area contributed by atoms with E-state index in [4.69, 9.17) is 0 Å². The molecule has 1 aromatic rings. The maximum absolute atomic E-state index is 12.2. The van der Waals surface area contributed by atoms with Gasteiger partial charge in [0.1, 0.15) is 6.04 Å². The summed E-state index contributed by atoms with van der Waals surface area (Å²) in [7, 11) is 0. The zero-order valence-corrected chi connectivity index (χ0v) is 14.5. The molecule has 1 atom stereocenters. The van der Waals surface area contributed by atoms with Crippen LogP contribution in [0.2, 0.25) is 0 Å². The van der Waals surface area contributed by atoms with Crippen LogP contribution in [0.1, 0.15) is 25.7 Å². The predicted molar refractivity (Wildman–Crippen MR) is 98.2 cm³/mol. The molecule has 3 N–H and O–H groups in total. The molecule has 0 saturated carbocycles. The summed E-state index contributed by atoms with van der Waals surface area (Å²) in [6.45, 7) is 2.80. The van der Waals surface area contributed by atoms with Gasteiger partial charge in [0.25, 0.3) is 0 Å². The Kier molecular flexibility index (Phi) is 5.63. The van der Waals surface area contributed by atoms with E-state index in [2.05, 4.69) is 28.8 Å². The summed E-state index contributed by atoms with van der Waals surface area (Å²) in [5.41, 5.74) is 1.54. The van der Waals surface area contributed by atoms with Crippen molar-refractivity contribution >= 4 is 36.0 Å². The van der Waals surface area contributed by atoms with Crippen LogP contribution in [0.5, 0.6) is 0 Å². The zero-order chi connectivity index (χ0) is 16.9. The minimum absolute atomic E-state index is 0.107. The van der Waals surface area contributed by atoms with E-state index < -0.39 is 6.04 Å². The number of benzene rings is 1. The first kappa shape index (κ1) is 17.1. The van der Waals surface area contributed by atoms with Crippen LogP contribution in [0.4, 0.5) is 11.4 Å². The van der Waals surface area contributed by atoms with Crippen LogP contribution in [-0.4, -0.2) is 37.5 Å². The fourth-order valence-electron chi connectivity index (χ4n) is 3.29. The van der Waals surface area contributed by atoms with Gasteiger partial charge in [-0.05, 0) is 50.4 Å². The number of rotatable bonds is 5. The Hall–Kier alpha value is -1.73. The van der Waals surface area contributed by atoms with Crippen LogP contribution in [0, 0.1) is 5.92 Å². The average Bonchev–Trinajstić information content (AvgIpc) is 2.59. The van der Waals surface area contributed by atoms with Gasteiger partial charge in [0.05, 0.1) is 17.8 Å². The van der Waals surface area contributed by atoms with Gasteiger partial charge in [-0.15, -0.1) is 0 Å². The minimum Gasteiger partial charge on any atom is -0.356 e. The Labute approximate surface area is 147 Å². The number of nitrogens with one attached hydrogen (secondary N) is 3. The summed E-state index contributed by atoms with van der Waals surface area (Å²) < 4.78 is 1.58. The summed E-state index contributed by atoms with van der Waals surface area (Å²) in [5, 5.41) is 9.12. The van der Waals surface area contributed by atoms with Gasteiger partial charge in [-0.1, -0.05) is 24.9 Å². The molecule has 0 aromatic heterocycles. The fourth-order valence-corrected chi connectivity index (χ4v) is 3.65. The number of carbonyl (C=O) groups is 2. The molecule has 7 heteroatoms. The van der Waals surface area contributed by atoms with Crippen molar-refractivity contribution in [2.75, 3.05) is 29.3 Å². The van der Waals surface area contributed by atoms with E-state index in [-0.39, 0.29) is 18.2 Å². The third-order valence-corrected chi connectivity index (χ3v) is 5.21. The van der Waals surface area contributed by atoms with Crippen LogP contribution in [0.3, 0.4) is 0 Å². The number of nitrogens with zero attached hydrogens (tertiary/aromatic N) is 1. The highest BCUT2D eigenvalue weighted by Gasteiger charge is 2.32. The first-order valence-corrected chi connectivity index (χ1v) is 8.90. The number of hydrogen-bond acceptors (Lipinski definition) is 5. The average molecular weight is 348 g/mol. The number of carbonyl (C=O) groups excluding carboxylic acids is 2. The van der Waals surface area contributed by atoms with E-state index in [1.807, 2.05) is 24.3 Å². The molecule has 1 aromatic carbocycles. The van der Waals surface area contributed by atoms with Gasteiger partial charge >= 0.3 is 0 Å². The standard InChI is InChI=1S/C17H24N4O2S/c22-16(19-10-7-12-5-8-18-9-6-12)11-15-17(23)20-13-3-1-2-4-14(13)21(15)24/h1-4,12,15,18,24H,5-11H2,(H,19,22)(H,20,23). The topological polar surface area (TPSA) is 73.5 Å². The molecule has 2 amide bonds. The molecule has 24 heavy (non-hydrogen) atoms. The lowest BCUT2D eigenvalue weighted by atomic mass is 9.95. The smallest absolute Gasteiger partial charge is 0.248 e. The van der Waals surface area contributed by atoms with Gasteiger partial charge in [0, 0.05) is 6.54 Å². The Morgan fingerprint density at radius 2 is 2.04 bits per heavy atom. The Bertz CT molecular complexity index is 604. The summed E-state index contributed by atoms with van der Waals surface area (Å²) in [5.74, 6) is 0.373. The second kappa shape index (κ2) is 7.90. The SMILES string of the molecule is O=C(CC1C(=O)Nc2ccccc2N1S)NCCC1CCNCC1. The minimum atomic E-state index is -0.595. The second-order valence-electron chi connectivity index (χ2n) is 6.40. The number of piperidine rings is 1.